The van der Waals surface area contributed by atoms with Gasteiger partial charge < -0.3 is 5.11 Å². The minimum atomic E-state index is -0.323. The van der Waals surface area contributed by atoms with E-state index < -0.39 is 0 Å². The van der Waals surface area contributed by atoms with Gasteiger partial charge in [0, 0.05) is 0 Å². The number of aromatic hydroxyl groups is 1. The lowest BCUT2D eigenvalue weighted by atomic mass is 10.1. The number of phenols is 1. The monoisotopic (exact) mass is 458 g/mol. The molecule has 0 saturated carbocycles. The summed E-state index contributed by atoms with van der Waals surface area (Å²) in [4.78, 5) is 30.3. The highest BCUT2D eigenvalue weighted by Crippen LogP contribution is 2.21. The van der Waals surface area contributed by atoms with Crippen LogP contribution in [0.25, 0.3) is 16.6 Å². The van der Waals surface area contributed by atoms with Gasteiger partial charge in [0.25, 0.3) is 11.5 Å². The van der Waals surface area contributed by atoms with E-state index in [-0.39, 0.29) is 23.0 Å². The predicted molar refractivity (Wildman–Crippen MR) is 131 cm³/mol. The Labute approximate surface area is 194 Å². The molecule has 0 bridgehead atoms. The van der Waals surface area contributed by atoms with Gasteiger partial charge in [-0.15, -0.1) is 0 Å². The molecular weight excluding hydrogens is 436 g/mol. The van der Waals surface area contributed by atoms with E-state index in [0.717, 1.165) is 11.1 Å². The molecular formula is C25H22N4O3S. The highest BCUT2D eigenvalue weighted by molar-refractivity contribution is 7.99. The van der Waals surface area contributed by atoms with E-state index in [1.807, 2.05) is 37.3 Å². The molecule has 4 aromatic rings. The normalized spacial score (nSPS) is 11.5. The van der Waals surface area contributed by atoms with E-state index in [1.54, 1.807) is 49.4 Å². The second-order valence-corrected chi connectivity index (χ2v) is 8.40. The summed E-state index contributed by atoms with van der Waals surface area (Å²) in [6, 6.07) is 21.3. The zero-order valence-electron chi connectivity index (χ0n) is 18.1. The molecule has 2 N–H and O–H groups in total. The molecule has 33 heavy (non-hydrogen) atoms. The summed E-state index contributed by atoms with van der Waals surface area (Å²) in [6.45, 7) is 3.74. The van der Waals surface area contributed by atoms with Crippen LogP contribution in [-0.4, -0.2) is 32.0 Å². The Morgan fingerprint density at radius 2 is 1.76 bits per heavy atom. The van der Waals surface area contributed by atoms with Gasteiger partial charge in [-0.2, -0.15) is 5.10 Å². The van der Waals surface area contributed by atoms with Crippen LogP contribution in [0.15, 0.2) is 87.8 Å². The molecule has 1 heterocycles. The van der Waals surface area contributed by atoms with Crippen molar-refractivity contribution >= 4 is 34.3 Å². The van der Waals surface area contributed by atoms with Gasteiger partial charge in [-0.05, 0) is 67.9 Å². The Morgan fingerprint density at radius 1 is 1.06 bits per heavy atom. The third-order valence-electron chi connectivity index (χ3n) is 5.00. The molecule has 7 nitrogen and oxygen atoms in total. The van der Waals surface area contributed by atoms with Gasteiger partial charge >= 0.3 is 0 Å². The fraction of sp³-hybridized carbons (Fsp3) is 0.120. The van der Waals surface area contributed by atoms with Crippen LogP contribution in [-0.2, 0) is 4.79 Å². The van der Waals surface area contributed by atoms with Gasteiger partial charge in [-0.25, -0.2) is 10.4 Å². The number of phenolic OH excluding ortho intramolecular Hbond substituents is 1. The van der Waals surface area contributed by atoms with Gasteiger partial charge in [0.2, 0.25) is 0 Å². The van der Waals surface area contributed by atoms with Crippen molar-refractivity contribution in [1.29, 1.82) is 0 Å². The summed E-state index contributed by atoms with van der Waals surface area (Å²) in [5, 5.41) is 14.5. The molecule has 4 rings (SSSR count). The second kappa shape index (κ2) is 9.70. The predicted octanol–water partition coefficient (Wildman–Crippen LogP) is 4.03. The maximum atomic E-state index is 13.2. The number of carbonyl (C=O) groups is 1. The lowest BCUT2D eigenvalue weighted by molar-refractivity contribution is -0.118. The third kappa shape index (κ3) is 5.12. The Kier molecular flexibility index (Phi) is 6.55. The van der Waals surface area contributed by atoms with Gasteiger partial charge in [-0.3, -0.25) is 14.2 Å². The second-order valence-electron chi connectivity index (χ2n) is 7.46. The summed E-state index contributed by atoms with van der Waals surface area (Å²) >= 11 is 1.17. The number of amides is 1. The number of carbonyl (C=O) groups excluding carboxylic acids is 1. The molecule has 0 atom stereocenters. The van der Waals surface area contributed by atoms with E-state index in [4.69, 9.17) is 0 Å². The largest absolute Gasteiger partial charge is 0.508 e. The molecule has 0 aliphatic heterocycles. The zero-order valence-corrected chi connectivity index (χ0v) is 19.0. The number of fused-ring (bicyclic) bond motifs is 1. The fourth-order valence-corrected chi connectivity index (χ4v) is 4.01. The quantitative estimate of drug-likeness (QED) is 0.197. The Hall–Kier alpha value is -3.91. The van der Waals surface area contributed by atoms with Crippen molar-refractivity contribution in [3.05, 3.63) is 94.3 Å². The smallest absolute Gasteiger partial charge is 0.266 e. The number of nitrogens with one attached hydrogen (secondary N) is 1. The van der Waals surface area contributed by atoms with Gasteiger partial charge in [-0.1, -0.05) is 41.6 Å². The fourth-order valence-electron chi connectivity index (χ4n) is 3.21. The topological polar surface area (TPSA) is 96.6 Å². The number of hydrazone groups is 1. The first-order valence-corrected chi connectivity index (χ1v) is 11.2. The first-order valence-electron chi connectivity index (χ1n) is 10.3. The van der Waals surface area contributed by atoms with Gasteiger partial charge in [0.1, 0.15) is 5.75 Å². The number of hydrogen-bond acceptors (Lipinski definition) is 6. The lowest BCUT2D eigenvalue weighted by Gasteiger charge is -2.13. The molecule has 1 amide bonds. The number of hydrogen-bond donors (Lipinski definition) is 2. The maximum Gasteiger partial charge on any atom is 0.266 e. The molecule has 0 fully saturated rings. The highest BCUT2D eigenvalue weighted by atomic mass is 32.2. The number of nitrogens with zero attached hydrogens (tertiary/aromatic N) is 3. The number of aryl methyl sites for hydroxylation is 1. The third-order valence-corrected chi connectivity index (χ3v) is 5.94. The van der Waals surface area contributed by atoms with Crippen LogP contribution >= 0.6 is 11.8 Å². The van der Waals surface area contributed by atoms with Crippen LogP contribution in [0.4, 0.5) is 0 Å². The zero-order chi connectivity index (χ0) is 23.4. The van der Waals surface area contributed by atoms with Crippen LogP contribution in [0, 0.1) is 6.92 Å². The van der Waals surface area contributed by atoms with Crippen molar-refractivity contribution in [2.24, 2.45) is 5.10 Å². The molecule has 0 aliphatic carbocycles. The van der Waals surface area contributed by atoms with Crippen molar-refractivity contribution in [3.63, 3.8) is 0 Å². The van der Waals surface area contributed by atoms with Crippen LogP contribution in [0.5, 0.6) is 5.75 Å². The summed E-state index contributed by atoms with van der Waals surface area (Å²) in [5.41, 5.74) is 6.08. The van der Waals surface area contributed by atoms with Gasteiger partial charge in [0.05, 0.1) is 28.1 Å². The number of para-hydroxylation sites is 1. The summed E-state index contributed by atoms with van der Waals surface area (Å²) < 4.78 is 1.53. The average Bonchev–Trinajstić information content (AvgIpc) is 2.82. The van der Waals surface area contributed by atoms with Crippen LogP contribution in [0.1, 0.15) is 18.1 Å². The molecule has 0 aliphatic rings. The molecule has 0 saturated heterocycles. The van der Waals surface area contributed by atoms with Crippen molar-refractivity contribution in [1.82, 2.24) is 15.0 Å². The van der Waals surface area contributed by atoms with E-state index in [0.29, 0.717) is 27.5 Å². The summed E-state index contributed by atoms with van der Waals surface area (Å²) in [5.74, 6) is -0.131. The number of benzene rings is 3. The Morgan fingerprint density at radius 3 is 2.48 bits per heavy atom. The molecule has 8 heteroatoms. The number of rotatable bonds is 6. The summed E-state index contributed by atoms with van der Waals surface area (Å²) in [7, 11) is 0. The molecule has 0 unspecified atom stereocenters. The first-order chi connectivity index (χ1) is 15.9. The lowest BCUT2D eigenvalue weighted by Crippen LogP contribution is -2.24. The van der Waals surface area contributed by atoms with E-state index in [9.17, 15) is 14.7 Å². The van der Waals surface area contributed by atoms with E-state index >= 15 is 0 Å². The van der Waals surface area contributed by atoms with Crippen molar-refractivity contribution in [3.8, 4) is 11.4 Å². The molecule has 0 radical (unpaired) electrons. The Balaban J connectivity index is 1.57. The van der Waals surface area contributed by atoms with E-state index in [2.05, 4.69) is 15.5 Å². The van der Waals surface area contributed by atoms with Crippen molar-refractivity contribution < 1.29 is 9.90 Å². The maximum absolute atomic E-state index is 13.2. The highest BCUT2D eigenvalue weighted by Gasteiger charge is 2.14. The molecule has 0 spiro atoms. The molecule has 166 valence electrons. The van der Waals surface area contributed by atoms with Gasteiger partial charge in [0.15, 0.2) is 5.16 Å². The van der Waals surface area contributed by atoms with Crippen molar-refractivity contribution in [2.45, 2.75) is 19.0 Å². The van der Waals surface area contributed by atoms with Crippen LogP contribution in [0.3, 0.4) is 0 Å². The van der Waals surface area contributed by atoms with Crippen LogP contribution in [0.2, 0.25) is 0 Å². The average molecular weight is 459 g/mol. The van der Waals surface area contributed by atoms with Crippen LogP contribution < -0.4 is 11.0 Å². The molecule has 3 aromatic carbocycles. The first kappa shape index (κ1) is 22.3. The van der Waals surface area contributed by atoms with Crippen molar-refractivity contribution in [2.75, 3.05) is 5.75 Å². The van der Waals surface area contributed by atoms with E-state index in [1.165, 1.54) is 16.3 Å². The SMILES string of the molecule is C/C(=N/NC(=O)CSc1nc2ccccc2c(=O)n1-c1ccc(C)cc1)c1ccc(O)cc1. The number of thioether (sulfide) groups is 1. The minimum Gasteiger partial charge on any atom is -0.508 e. The minimum absolute atomic E-state index is 0.0308. The molecule has 1 aromatic heterocycles. The summed E-state index contributed by atoms with van der Waals surface area (Å²) in [6.07, 6.45) is 0. The standard InChI is InChI=1S/C25H22N4O3S/c1-16-7-11-19(12-8-16)29-24(32)21-5-3-4-6-22(21)26-25(29)33-15-23(31)28-27-17(2)18-9-13-20(30)14-10-18/h3-14,30H,15H2,1-2H3,(H,28,31)/b27-17-. The number of aromatic nitrogens is 2. The Bertz CT molecular complexity index is 1390.